The van der Waals surface area contributed by atoms with Crippen molar-refractivity contribution in [2.75, 3.05) is 17.2 Å². The molecule has 2 amide bonds. The van der Waals surface area contributed by atoms with Gasteiger partial charge in [-0.1, -0.05) is 11.8 Å². The fraction of sp³-hybridized carbons (Fsp3) is 0.167. The van der Waals surface area contributed by atoms with Crippen LogP contribution in [0.5, 0.6) is 0 Å². The first kappa shape index (κ1) is 14.9. The van der Waals surface area contributed by atoms with Gasteiger partial charge < -0.3 is 16.0 Å². The van der Waals surface area contributed by atoms with E-state index in [0.717, 1.165) is 11.8 Å². The molecule has 0 atom stereocenters. The van der Waals surface area contributed by atoms with Gasteiger partial charge in [0.1, 0.15) is 17.3 Å². The van der Waals surface area contributed by atoms with Crippen LogP contribution in [0, 0.1) is 0 Å². The van der Waals surface area contributed by atoms with Crippen molar-refractivity contribution < 1.29 is 9.59 Å². The van der Waals surface area contributed by atoms with E-state index in [1.807, 2.05) is 0 Å². The Bertz CT molecular complexity index is 664. The van der Waals surface area contributed by atoms with E-state index in [0.29, 0.717) is 5.69 Å². The molecule has 110 valence electrons. The lowest BCUT2D eigenvalue weighted by molar-refractivity contribution is -0.117. The fourth-order valence-electron chi connectivity index (χ4n) is 1.58. The van der Waals surface area contributed by atoms with Crippen LogP contribution in [0.2, 0.25) is 0 Å². The van der Waals surface area contributed by atoms with Gasteiger partial charge in [0.2, 0.25) is 5.91 Å². The number of thioether (sulfide) groups is 1. The van der Waals surface area contributed by atoms with Crippen LogP contribution < -0.4 is 16.8 Å². The van der Waals surface area contributed by atoms with Gasteiger partial charge in [0.15, 0.2) is 5.16 Å². The summed E-state index contributed by atoms with van der Waals surface area (Å²) in [4.78, 5) is 31.4. The van der Waals surface area contributed by atoms with E-state index >= 15 is 0 Å². The molecule has 21 heavy (non-hydrogen) atoms. The van der Waals surface area contributed by atoms with Crippen LogP contribution in [-0.4, -0.2) is 32.1 Å². The van der Waals surface area contributed by atoms with Gasteiger partial charge in [-0.05, 0) is 12.1 Å². The van der Waals surface area contributed by atoms with Crippen molar-refractivity contribution in [1.29, 1.82) is 0 Å². The monoisotopic (exact) mass is 306 g/mol. The predicted octanol–water partition coefficient (Wildman–Crippen LogP) is 0.0282. The number of carbonyl (C=O) groups is 2. The minimum absolute atomic E-state index is 0.0148. The maximum Gasteiger partial charge on any atom is 0.274 e. The number of amides is 2. The highest BCUT2D eigenvalue weighted by Gasteiger charge is 2.13. The predicted molar refractivity (Wildman–Crippen MR) is 79.5 cm³/mol. The van der Waals surface area contributed by atoms with Crippen LogP contribution in [0.1, 0.15) is 10.5 Å². The van der Waals surface area contributed by atoms with Gasteiger partial charge in [0, 0.05) is 19.3 Å². The SMILES string of the molecule is Cn1cccc1C(=O)NC(=O)CSc1nc(N)cc(N)n1. The first-order valence-corrected chi connectivity index (χ1v) is 6.92. The fourth-order valence-corrected chi connectivity index (χ4v) is 2.25. The molecule has 0 fully saturated rings. The first-order valence-electron chi connectivity index (χ1n) is 5.94. The largest absolute Gasteiger partial charge is 0.383 e. The Balaban J connectivity index is 1.90. The molecule has 0 aliphatic carbocycles. The Kier molecular flexibility index (Phi) is 4.43. The standard InChI is InChI=1S/C12H14N6O2S/c1-18-4-2-3-7(18)11(20)17-10(19)6-21-12-15-8(13)5-9(14)16-12/h2-5H,6H2,1H3,(H,17,19,20)(H4,13,14,15,16). The number of rotatable bonds is 4. The smallest absolute Gasteiger partial charge is 0.274 e. The van der Waals surface area contributed by atoms with E-state index < -0.39 is 11.8 Å². The van der Waals surface area contributed by atoms with Gasteiger partial charge in [0.05, 0.1) is 5.75 Å². The summed E-state index contributed by atoms with van der Waals surface area (Å²) in [5.74, 6) is -0.466. The van der Waals surface area contributed by atoms with E-state index in [-0.39, 0.29) is 22.5 Å². The zero-order chi connectivity index (χ0) is 15.4. The van der Waals surface area contributed by atoms with Crippen molar-refractivity contribution in [2.24, 2.45) is 7.05 Å². The van der Waals surface area contributed by atoms with Gasteiger partial charge in [0.25, 0.3) is 5.91 Å². The summed E-state index contributed by atoms with van der Waals surface area (Å²) in [7, 11) is 1.72. The van der Waals surface area contributed by atoms with Gasteiger partial charge in [-0.2, -0.15) is 0 Å². The number of carbonyl (C=O) groups excluding carboxylic acids is 2. The minimum Gasteiger partial charge on any atom is -0.383 e. The summed E-state index contributed by atoms with van der Waals surface area (Å²) in [6.07, 6.45) is 1.72. The van der Waals surface area contributed by atoms with E-state index in [9.17, 15) is 9.59 Å². The molecule has 0 aliphatic heterocycles. The highest BCUT2D eigenvalue weighted by atomic mass is 32.2. The molecule has 0 unspecified atom stereocenters. The van der Waals surface area contributed by atoms with Crippen molar-refractivity contribution in [2.45, 2.75) is 5.16 Å². The lowest BCUT2D eigenvalue weighted by atomic mass is 10.4. The molecule has 9 heteroatoms. The maximum atomic E-state index is 11.8. The molecule has 8 nitrogen and oxygen atoms in total. The number of anilines is 2. The molecule has 0 saturated carbocycles. The molecule has 0 aromatic carbocycles. The Morgan fingerprint density at radius 2 is 2.00 bits per heavy atom. The Morgan fingerprint density at radius 1 is 1.33 bits per heavy atom. The average molecular weight is 306 g/mol. The zero-order valence-electron chi connectivity index (χ0n) is 11.2. The summed E-state index contributed by atoms with van der Waals surface area (Å²) < 4.78 is 1.62. The Labute approximate surface area is 124 Å². The maximum absolute atomic E-state index is 11.8. The molecule has 0 aliphatic rings. The van der Waals surface area contributed by atoms with E-state index in [2.05, 4.69) is 15.3 Å². The second kappa shape index (κ2) is 6.27. The quantitative estimate of drug-likeness (QED) is 0.536. The van der Waals surface area contributed by atoms with Crippen LogP contribution in [0.15, 0.2) is 29.6 Å². The Hall–Kier alpha value is -2.55. The van der Waals surface area contributed by atoms with Crippen LogP contribution in [-0.2, 0) is 11.8 Å². The van der Waals surface area contributed by atoms with E-state index in [4.69, 9.17) is 11.5 Å². The number of imide groups is 1. The number of aryl methyl sites for hydroxylation is 1. The second-order valence-electron chi connectivity index (χ2n) is 4.17. The van der Waals surface area contributed by atoms with Crippen LogP contribution in [0.3, 0.4) is 0 Å². The van der Waals surface area contributed by atoms with Crippen molar-refractivity contribution in [3.8, 4) is 0 Å². The second-order valence-corrected chi connectivity index (χ2v) is 5.11. The molecule has 0 saturated heterocycles. The van der Waals surface area contributed by atoms with Crippen molar-refractivity contribution in [3.63, 3.8) is 0 Å². The zero-order valence-corrected chi connectivity index (χ0v) is 12.1. The Morgan fingerprint density at radius 3 is 2.57 bits per heavy atom. The summed E-state index contributed by atoms with van der Waals surface area (Å²) in [5, 5.41) is 2.57. The summed E-state index contributed by atoms with van der Waals surface area (Å²) in [5.41, 5.74) is 11.5. The summed E-state index contributed by atoms with van der Waals surface area (Å²) in [6.45, 7) is 0. The molecule has 2 rings (SSSR count). The average Bonchev–Trinajstić information content (AvgIpc) is 2.81. The van der Waals surface area contributed by atoms with E-state index in [1.165, 1.54) is 6.07 Å². The molecular weight excluding hydrogens is 292 g/mol. The van der Waals surface area contributed by atoms with Crippen molar-refractivity contribution >= 4 is 35.2 Å². The van der Waals surface area contributed by atoms with Gasteiger partial charge >= 0.3 is 0 Å². The lowest BCUT2D eigenvalue weighted by Crippen LogP contribution is -2.33. The molecule has 2 aromatic heterocycles. The molecule has 0 bridgehead atoms. The first-order chi connectivity index (χ1) is 9.95. The molecule has 2 aromatic rings. The molecule has 0 spiro atoms. The van der Waals surface area contributed by atoms with Crippen LogP contribution in [0.4, 0.5) is 11.6 Å². The number of hydrogen-bond donors (Lipinski definition) is 3. The topological polar surface area (TPSA) is 129 Å². The van der Waals surface area contributed by atoms with Gasteiger partial charge in [-0.15, -0.1) is 0 Å². The summed E-state index contributed by atoms with van der Waals surface area (Å²) >= 11 is 1.05. The molecule has 5 N–H and O–H groups in total. The number of hydrogen-bond acceptors (Lipinski definition) is 7. The third kappa shape index (κ3) is 3.96. The van der Waals surface area contributed by atoms with Crippen molar-refractivity contribution in [1.82, 2.24) is 19.9 Å². The number of nitrogen functional groups attached to an aromatic ring is 2. The third-order valence-electron chi connectivity index (χ3n) is 2.51. The number of aromatic nitrogens is 3. The number of nitrogens with one attached hydrogen (secondary N) is 1. The highest BCUT2D eigenvalue weighted by Crippen LogP contribution is 2.15. The van der Waals surface area contributed by atoms with E-state index in [1.54, 1.807) is 29.9 Å². The molecule has 2 heterocycles. The van der Waals surface area contributed by atoms with Crippen LogP contribution >= 0.6 is 11.8 Å². The molecule has 0 radical (unpaired) electrons. The van der Waals surface area contributed by atoms with Crippen LogP contribution in [0.25, 0.3) is 0 Å². The number of nitrogens with two attached hydrogens (primary N) is 2. The summed E-state index contributed by atoms with van der Waals surface area (Å²) in [6, 6.07) is 4.76. The van der Waals surface area contributed by atoms with Gasteiger partial charge in [-0.25, -0.2) is 9.97 Å². The normalized spacial score (nSPS) is 10.3. The lowest BCUT2D eigenvalue weighted by Gasteiger charge is -2.05. The van der Waals surface area contributed by atoms with Crippen molar-refractivity contribution in [3.05, 3.63) is 30.1 Å². The highest BCUT2D eigenvalue weighted by molar-refractivity contribution is 7.99. The molecular formula is C12H14N6O2S. The van der Waals surface area contributed by atoms with Gasteiger partial charge in [-0.3, -0.25) is 14.9 Å². The third-order valence-corrected chi connectivity index (χ3v) is 3.35. The minimum atomic E-state index is -0.457. The number of nitrogens with zero attached hydrogens (tertiary/aromatic N) is 3.